The first kappa shape index (κ1) is 14.3. The quantitative estimate of drug-likeness (QED) is 0.823. The minimum atomic E-state index is -0.124. The van der Waals surface area contributed by atoms with Crippen molar-refractivity contribution < 1.29 is 4.79 Å². The van der Waals surface area contributed by atoms with Crippen molar-refractivity contribution >= 4 is 44.7 Å². The van der Waals surface area contributed by atoms with Gasteiger partial charge in [0.2, 0.25) is 5.91 Å². The van der Waals surface area contributed by atoms with E-state index in [2.05, 4.69) is 26.1 Å². The topological polar surface area (TPSA) is 58.4 Å². The number of benzene rings is 1. The summed E-state index contributed by atoms with van der Waals surface area (Å²) in [4.78, 5) is 14.4. The van der Waals surface area contributed by atoms with Crippen molar-refractivity contribution in [3.05, 3.63) is 28.2 Å². The van der Waals surface area contributed by atoms with Crippen molar-refractivity contribution in [2.75, 3.05) is 18.0 Å². The minimum absolute atomic E-state index is 0.0825. The number of nitrogens with two attached hydrogens (primary N) is 1. The van der Waals surface area contributed by atoms with Gasteiger partial charge in [-0.1, -0.05) is 19.1 Å². The maximum absolute atomic E-state index is 11.9. The number of carbonyl (C=O) groups is 1. The number of thiocarbonyl (C=S) groups is 1. The molecule has 0 radical (unpaired) electrons. The molecule has 1 heterocycles. The Morgan fingerprint density at radius 1 is 1.63 bits per heavy atom. The second-order valence-electron chi connectivity index (χ2n) is 4.44. The van der Waals surface area contributed by atoms with Gasteiger partial charge < -0.3 is 16.0 Å². The van der Waals surface area contributed by atoms with E-state index in [9.17, 15) is 4.79 Å². The molecule has 1 aromatic rings. The van der Waals surface area contributed by atoms with Crippen molar-refractivity contribution in [2.24, 2.45) is 5.73 Å². The predicted octanol–water partition coefficient (Wildman–Crippen LogP) is 1.80. The SMILES string of the molecule is CCC1C(=O)NCCN1c1ccc(C(N)=S)cc1Br. The molecule has 1 unspecified atom stereocenters. The number of amides is 1. The highest BCUT2D eigenvalue weighted by Gasteiger charge is 2.29. The number of anilines is 1. The van der Waals surface area contributed by atoms with Crippen LogP contribution in [-0.2, 0) is 4.79 Å². The molecule has 4 nitrogen and oxygen atoms in total. The molecule has 2 rings (SSSR count). The van der Waals surface area contributed by atoms with Gasteiger partial charge in [-0.2, -0.15) is 0 Å². The van der Waals surface area contributed by atoms with E-state index >= 15 is 0 Å². The highest BCUT2D eigenvalue weighted by molar-refractivity contribution is 9.10. The molecule has 0 spiro atoms. The van der Waals surface area contributed by atoms with Gasteiger partial charge in [0.15, 0.2) is 0 Å². The smallest absolute Gasteiger partial charge is 0.242 e. The number of rotatable bonds is 3. The summed E-state index contributed by atoms with van der Waals surface area (Å²) >= 11 is 8.50. The first-order chi connectivity index (χ1) is 9.04. The fourth-order valence-electron chi connectivity index (χ4n) is 2.30. The van der Waals surface area contributed by atoms with E-state index in [1.165, 1.54) is 0 Å². The molecule has 1 aliphatic heterocycles. The van der Waals surface area contributed by atoms with Crippen LogP contribution in [0.2, 0.25) is 0 Å². The van der Waals surface area contributed by atoms with Crippen LogP contribution in [0, 0.1) is 0 Å². The number of hydrogen-bond donors (Lipinski definition) is 2. The number of halogens is 1. The molecule has 0 bridgehead atoms. The lowest BCUT2D eigenvalue weighted by atomic mass is 10.1. The Morgan fingerprint density at radius 3 is 2.95 bits per heavy atom. The van der Waals surface area contributed by atoms with Crippen molar-refractivity contribution in [3.63, 3.8) is 0 Å². The van der Waals surface area contributed by atoms with Crippen LogP contribution >= 0.6 is 28.1 Å². The van der Waals surface area contributed by atoms with Crippen LogP contribution in [0.4, 0.5) is 5.69 Å². The molecule has 1 aromatic carbocycles. The van der Waals surface area contributed by atoms with Crippen LogP contribution in [0.15, 0.2) is 22.7 Å². The van der Waals surface area contributed by atoms with E-state index in [1.54, 1.807) is 0 Å². The molecule has 1 aliphatic rings. The molecule has 0 aliphatic carbocycles. The van der Waals surface area contributed by atoms with E-state index < -0.39 is 0 Å². The molecular weight excluding hydrogens is 326 g/mol. The molecule has 0 saturated carbocycles. The van der Waals surface area contributed by atoms with Crippen molar-refractivity contribution in [1.29, 1.82) is 0 Å². The van der Waals surface area contributed by atoms with Crippen LogP contribution < -0.4 is 16.0 Å². The third kappa shape index (κ3) is 2.90. The van der Waals surface area contributed by atoms with Crippen LogP contribution in [-0.4, -0.2) is 30.0 Å². The molecule has 19 heavy (non-hydrogen) atoms. The molecule has 1 saturated heterocycles. The van der Waals surface area contributed by atoms with E-state index in [0.717, 1.165) is 28.7 Å². The summed E-state index contributed by atoms with van der Waals surface area (Å²) in [7, 11) is 0. The van der Waals surface area contributed by atoms with Crippen molar-refractivity contribution in [3.8, 4) is 0 Å². The molecular formula is C13H16BrN3OS. The Bertz CT molecular complexity index is 521. The lowest BCUT2D eigenvalue weighted by Gasteiger charge is -2.37. The van der Waals surface area contributed by atoms with Crippen molar-refractivity contribution in [1.82, 2.24) is 5.32 Å². The van der Waals surface area contributed by atoms with E-state index in [1.807, 2.05) is 25.1 Å². The highest BCUT2D eigenvalue weighted by atomic mass is 79.9. The monoisotopic (exact) mass is 341 g/mol. The van der Waals surface area contributed by atoms with Crippen LogP contribution in [0.5, 0.6) is 0 Å². The first-order valence-corrected chi connectivity index (χ1v) is 7.38. The molecule has 0 aromatic heterocycles. The highest BCUT2D eigenvalue weighted by Crippen LogP contribution is 2.30. The van der Waals surface area contributed by atoms with Gasteiger partial charge in [0.05, 0.1) is 5.69 Å². The number of hydrogen-bond acceptors (Lipinski definition) is 3. The zero-order chi connectivity index (χ0) is 14.0. The maximum Gasteiger partial charge on any atom is 0.242 e. The normalized spacial score (nSPS) is 19.2. The third-order valence-electron chi connectivity index (χ3n) is 3.26. The molecule has 6 heteroatoms. The minimum Gasteiger partial charge on any atom is -0.389 e. The largest absolute Gasteiger partial charge is 0.389 e. The van der Waals surface area contributed by atoms with E-state index in [-0.39, 0.29) is 11.9 Å². The second-order valence-corrected chi connectivity index (χ2v) is 5.73. The maximum atomic E-state index is 11.9. The Kier molecular flexibility index (Phi) is 4.42. The van der Waals surface area contributed by atoms with E-state index in [0.29, 0.717) is 11.5 Å². The van der Waals surface area contributed by atoms with Gasteiger partial charge in [-0.15, -0.1) is 0 Å². The summed E-state index contributed by atoms with van der Waals surface area (Å²) < 4.78 is 0.908. The lowest BCUT2D eigenvalue weighted by Crippen LogP contribution is -2.55. The van der Waals surface area contributed by atoms with E-state index in [4.69, 9.17) is 18.0 Å². The van der Waals surface area contributed by atoms with Gasteiger partial charge in [0, 0.05) is 23.1 Å². The first-order valence-electron chi connectivity index (χ1n) is 6.18. The Hall–Kier alpha value is -1.14. The number of nitrogens with zero attached hydrogens (tertiary/aromatic N) is 1. The summed E-state index contributed by atoms with van der Waals surface area (Å²) in [6.45, 7) is 3.48. The third-order valence-corrected chi connectivity index (χ3v) is 4.13. The van der Waals surface area contributed by atoms with Crippen LogP contribution in [0.3, 0.4) is 0 Å². The summed E-state index contributed by atoms with van der Waals surface area (Å²) in [5.74, 6) is 0.0825. The molecule has 1 atom stereocenters. The standard InChI is InChI=1S/C13H16BrN3OS/c1-2-10-13(18)16-5-6-17(10)11-4-3-8(12(15)19)7-9(11)14/h3-4,7,10H,2,5-6H2,1H3,(H2,15,19)(H,16,18). The van der Waals surface area contributed by atoms with Gasteiger partial charge in [-0.05, 0) is 40.5 Å². The van der Waals surface area contributed by atoms with Gasteiger partial charge >= 0.3 is 0 Å². The van der Waals surface area contributed by atoms with Crippen molar-refractivity contribution in [2.45, 2.75) is 19.4 Å². The molecule has 1 amide bonds. The van der Waals surface area contributed by atoms with Gasteiger partial charge in [-0.3, -0.25) is 4.79 Å². The zero-order valence-corrected chi connectivity index (χ0v) is 13.1. The summed E-state index contributed by atoms with van der Waals surface area (Å²) in [6.07, 6.45) is 0.773. The molecule has 3 N–H and O–H groups in total. The average molecular weight is 342 g/mol. The second kappa shape index (κ2) is 5.88. The average Bonchev–Trinajstić information content (AvgIpc) is 2.38. The van der Waals surface area contributed by atoms with Gasteiger partial charge in [0.1, 0.15) is 11.0 Å². The number of piperazine rings is 1. The Morgan fingerprint density at radius 2 is 2.37 bits per heavy atom. The Labute approximate surface area is 126 Å². The lowest BCUT2D eigenvalue weighted by molar-refractivity contribution is -0.123. The van der Waals surface area contributed by atoms with Crippen LogP contribution in [0.25, 0.3) is 0 Å². The van der Waals surface area contributed by atoms with Gasteiger partial charge in [0.25, 0.3) is 0 Å². The fourth-order valence-corrected chi connectivity index (χ4v) is 3.04. The summed E-state index contributed by atoms with van der Waals surface area (Å²) in [6, 6.07) is 5.62. The zero-order valence-electron chi connectivity index (χ0n) is 10.6. The summed E-state index contributed by atoms with van der Waals surface area (Å²) in [5, 5.41) is 2.90. The fraction of sp³-hybridized carbons (Fsp3) is 0.385. The number of nitrogens with one attached hydrogen (secondary N) is 1. The summed E-state index contributed by atoms with van der Waals surface area (Å²) in [5.41, 5.74) is 7.44. The van der Waals surface area contributed by atoms with Crippen LogP contribution in [0.1, 0.15) is 18.9 Å². The number of carbonyl (C=O) groups excluding carboxylic acids is 1. The predicted molar refractivity (Wildman–Crippen MR) is 84.5 cm³/mol. The Balaban J connectivity index is 2.35. The molecule has 102 valence electrons. The van der Waals surface area contributed by atoms with Gasteiger partial charge in [-0.25, -0.2) is 0 Å². The molecule has 1 fully saturated rings.